The van der Waals surface area contributed by atoms with Gasteiger partial charge in [0.1, 0.15) is 0 Å². The summed E-state index contributed by atoms with van der Waals surface area (Å²) in [5, 5.41) is 0. The quantitative estimate of drug-likeness (QED) is 0.721. The fourth-order valence-corrected chi connectivity index (χ4v) is 0.935. The van der Waals surface area contributed by atoms with E-state index in [1.807, 2.05) is 6.20 Å². The highest BCUT2D eigenvalue weighted by Gasteiger charge is 2.00. The van der Waals surface area contributed by atoms with Crippen molar-refractivity contribution >= 4 is 15.9 Å². The Morgan fingerprint density at radius 1 is 1.67 bits per heavy atom. The lowest BCUT2D eigenvalue weighted by Crippen LogP contribution is -1.84. The lowest BCUT2D eigenvalue weighted by atomic mass is 10.2. The third-order valence-electron chi connectivity index (χ3n) is 1.19. The summed E-state index contributed by atoms with van der Waals surface area (Å²) in [4.78, 5) is 7.08. The van der Waals surface area contributed by atoms with Crippen LogP contribution in [0.25, 0.3) is 0 Å². The van der Waals surface area contributed by atoms with Crippen molar-refractivity contribution in [2.75, 3.05) is 0 Å². The molecule has 3 heteroatoms. The Labute approximate surface area is 62.8 Å². The normalized spacial score (nSPS) is 10.7. The van der Waals surface area contributed by atoms with Crippen molar-refractivity contribution in [1.82, 2.24) is 9.97 Å². The summed E-state index contributed by atoms with van der Waals surface area (Å²) in [7, 11) is 0. The van der Waals surface area contributed by atoms with Crippen molar-refractivity contribution in [3.05, 3.63) is 16.6 Å². The highest BCUT2D eigenvalue weighted by Crippen LogP contribution is 2.12. The third kappa shape index (κ3) is 1.55. The predicted octanol–water partition coefficient (Wildman–Crippen LogP) is 2.30. The summed E-state index contributed by atoms with van der Waals surface area (Å²) >= 11 is 3.23. The largest absolute Gasteiger partial charge is 0.336 e. The van der Waals surface area contributed by atoms with Crippen LogP contribution >= 0.6 is 15.9 Å². The van der Waals surface area contributed by atoms with Gasteiger partial charge in [-0.15, -0.1) is 0 Å². The summed E-state index contributed by atoms with van der Waals surface area (Å²) in [6.45, 7) is 4.25. The number of imidazole rings is 1. The van der Waals surface area contributed by atoms with E-state index in [1.54, 1.807) is 0 Å². The minimum absolute atomic E-state index is 0.531. The maximum absolute atomic E-state index is 4.00. The number of aromatic amines is 1. The van der Waals surface area contributed by atoms with E-state index in [1.165, 1.54) is 5.69 Å². The molecule has 0 aliphatic rings. The van der Waals surface area contributed by atoms with Crippen LogP contribution in [0.2, 0.25) is 0 Å². The first-order valence-electron chi connectivity index (χ1n) is 2.90. The van der Waals surface area contributed by atoms with Gasteiger partial charge in [0.05, 0.1) is 0 Å². The molecule has 0 aliphatic heterocycles. The van der Waals surface area contributed by atoms with E-state index in [0.29, 0.717) is 5.92 Å². The summed E-state index contributed by atoms with van der Waals surface area (Å²) in [6.07, 6.45) is 1.84. The first-order valence-corrected chi connectivity index (χ1v) is 3.70. The van der Waals surface area contributed by atoms with Crippen LogP contribution < -0.4 is 0 Å². The zero-order valence-corrected chi connectivity index (χ0v) is 7.07. The van der Waals surface area contributed by atoms with Crippen molar-refractivity contribution in [2.45, 2.75) is 19.8 Å². The van der Waals surface area contributed by atoms with Gasteiger partial charge in [0.15, 0.2) is 4.73 Å². The molecule has 0 radical (unpaired) electrons. The summed E-state index contributed by atoms with van der Waals surface area (Å²) in [5.74, 6) is 0.531. The standard InChI is InChI=1S/C6H9BrN2/c1-4(2)5-3-8-6(7)9-5/h3-4H,1-2H3,(H,8,9). The van der Waals surface area contributed by atoms with Gasteiger partial charge in [-0.3, -0.25) is 0 Å². The number of aromatic nitrogens is 2. The molecular weight excluding hydrogens is 180 g/mol. The summed E-state index contributed by atoms with van der Waals surface area (Å²) in [5.41, 5.74) is 1.17. The second kappa shape index (κ2) is 2.52. The van der Waals surface area contributed by atoms with Crippen molar-refractivity contribution < 1.29 is 0 Å². The van der Waals surface area contributed by atoms with Crippen LogP contribution in [0.5, 0.6) is 0 Å². The fourth-order valence-electron chi connectivity index (χ4n) is 0.603. The Balaban J connectivity index is 2.85. The molecule has 2 nitrogen and oxygen atoms in total. The first kappa shape index (κ1) is 6.81. The van der Waals surface area contributed by atoms with E-state index < -0.39 is 0 Å². The van der Waals surface area contributed by atoms with E-state index in [9.17, 15) is 0 Å². The average molecular weight is 189 g/mol. The van der Waals surface area contributed by atoms with Gasteiger partial charge in [0.2, 0.25) is 0 Å². The number of halogens is 1. The van der Waals surface area contributed by atoms with Gasteiger partial charge in [0.25, 0.3) is 0 Å². The molecule has 0 saturated carbocycles. The fraction of sp³-hybridized carbons (Fsp3) is 0.500. The zero-order chi connectivity index (χ0) is 6.85. The molecule has 0 saturated heterocycles. The highest BCUT2D eigenvalue weighted by molar-refractivity contribution is 9.10. The van der Waals surface area contributed by atoms with Gasteiger partial charge in [-0.2, -0.15) is 0 Å². The van der Waals surface area contributed by atoms with Gasteiger partial charge in [-0.1, -0.05) is 13.8 Å². The van der Waals surface area contributed by atoms with E-state index in [2.05, 4.69) is 39.7 Å². The maximum atomic E-state index is 4.00. The number of hydrogen-bond donors (Lipinski definition) is 1. The molecule has 1 heterocycles. The number of nitrogens with zero attached hydrogens (tertiary/aromatic N) is 1. The van der Waals surface area contributed by atoms with Crippen molar-refractivity contribution in [1.29, 1.82) is 0 Å². The van der Waals surface area contributed by atoms with Crippen molar-refractivity contribution in [3.63, 3.8) is 0 Å². The maximum Gasteiger partial charge on any atom is 0.174 e. The predicted molar refractivity (Wildman–Crippen MR) is 40.4 cm³/mol. The Kier molecular flexibility index (Phi) is 1.90. The van der Waals surface area contributed by atoms with Gasteiger partial charge in [0, 0.05) is 11.9 Å². The number of nitrogens with one attached hydrogen (secondary N) is 1. The molecule has 0 aliphatic carbocycles. The molecule has 0 bridgehead atoms. The molecule has 0 atom stereocenters. The molecule has 0 spiro atoms. The number of H-pyrrole nitrogens is 1. The first-order chi connectivity index (χ1) is 4.20. The zero-order valence-electron chi connectivity index (χ0n) is 5.48. The van der Waals surface area contributed by atoms with E-state index in [-0.39, 0.29) is 0 Å². The second-order valence-electron chi connectivity index (χ2n) is 2.28. The third-order valence-corrected chi connectivity index (χ3v) is 1.59. The Morgan fingerprint density at radius 2 is 2.33 bits per heavy atom. The number of hydrogen-bond acceptors (Lipinski definition) is 1. The molecular formula is C6H9BrN2. The molecule has 1 aromatic rings. The molecule has 1 rings (SSSR count). The van der Waals surface area contributed by atoms with Crippen molar-refractivity contribution in [2.24, 2.45) is 0 Å². The number of rotatable bonds is 1. The van der Waals surface area contributed by atoms with E-state index in [4.69, 9.17) is 0 Å². The van der Waals surface area contributed by atoms with Crippen LogP contribution in [-0.2, 0) is 0 Å². The lowest BCUT2D eigenvalue weighted by molar-refractivity contribution is 0.830. The van der Waals surface area contributed by atoms with Crippen LogP contribution in [0.1, 0.15) is 25.5 Å². The van der Waals surface area contributed by atoms with E-state index in [0.717, 1.165) is 4.73 Å². The van der Waals surface area contributed by atoms with Crippen LogP contribution in [0, 0.1) is 0 Å². The summed E-state index contributed by atoms with van der Waals surface area (Å²) < 4.78 is 0.811. The molecule has 1 N–H and O–H groups in total. The molecule has 50 valence electrons. The monoisotopic (exact) mass is 188 g/mol. The van der Waals surface area contributed by atoms with E-state index >= 15 is 0 Å². The highest BCUT2D eigenvalue weighted by atomic mass is 79.9. The molecule has 1 aromatic heterocycles. The second-order valence-corrected chi connectivity index (χ2v) is 3.04. The van der Waals surface area contributed by atoms with Gasteiger partial charge >= 0.3 is 0 Å². The average Bonchev–Trinajstić information content (AvgIpc) is 2.14. The molecule has 0 amide bonds. The van der Waals surface area contributed by atoms with Crippen LogP contribution in [0.4, 0.5) is 0 Å². The molecule has 9 heavy (non-hydrogen) atoms. The molecule has 0 aromatic carbocycles. The van der Waals surface area contributed by atoms with Gasteiger partial charge in [-0.25, -0.2) is 4.98 Å². The lowest BCUT2D eigenvalue weighted by Gasteiger charge is -1.96. The van der Waals surface area contributed by atoms with Crippen molar-refractivity contribution in [3.8, 4) is 0 Å². The Hall–Kier alpha value is -0.310. The SMILES string of the molecule is CC(C)c1cnc(Br)[nH]1. The summed E-state index contributed by atoms with van der Waals surface area (Å²) in [6, 6.07) is 0. The van der Waals surface area contributed by atoms with Gasteiger partial charge < -0.3 is 4.98 Å². The Morgan fingerprint density at radius 3 is 2.56 bits per heavy atom. The molecule has 0 fully saturated rings. The minimum atomic E-state index is 0.531. The van der Waals surface area contributed by atoms with Crippen LogP contribution in [0.15, 0.2) is 10.9 Å². The minimum Gasteiger partial charge on any atom is -0.336 e. The van der Waals surface area contributed by atoms with Gasteiger partial charge in [-0.05, 0) is 21.8 Å². The van der Waals surface area contributed by atoms with Crippen LogP contribution in [-0.4, -0.2) is 9.97 Å². The smallest absolute Gasteiger partial charge is 0.174 e. The Bertz CT molecular complexity index is 193. The molecule has 0 unspecified atom stereocenters. The topological polar surface area (TPSA) is 28.7 Å². The van der Waals surface area contributed by atoms with Crippen LogP contribution in [0.3, 0.4) is 0 Å².